The van der Waals surface area contributed by atoms with E-state index >= 15 is 0 Å². The number of anilines is 4. The minimum atomic E-state index is -0.686. The fraction of sp³-hybridized carbons (Fsp3) is 0.563. The molecule has 4 saturated heterocycles. The Kier molecular flexibility index (Phi) is 28.6. The highest BCUT2D eigenvalue weighted by molar-refractivity contribution is 5.77. The van der Waals surface area contributed by atoms with Gasteiger partial charge in [0.1, 0.15) is 18.0 Å². The molecule has 8 heterocycles. The number of carbonyl (C=O) groups is 2. The maximum Gasteiger partial charge on any atom is 0.340 e. The van der Waals surface area contributed by atoms with Gasteiger partial charge < -0.3 is 48.8 Å². The summed E-state index contributed by atoms with van der Waals surface area (Å²) in [6.07, 6.45) is 23.2. The van der Waals surface area contributed by atoms with E-state index in [4.69, 9.17) is 18.9 Å². The Bertz CT molecular complexity index is 2750. The number of aliphatic hydroxyl groups is 2. The van der Waals surface area contributed by atoms with Crippen LogP contribution < -0.4 is 19.6 Å². The van der Waals surface area contributed by atoms with Crippen molar-refractivity contribution in [1.29, 1.82) is 0 Å². The third-order valence-corrected chi connectivity index (χ3v) is 18.2. The predicted octanol–water partition coefficient (Wildman–Crippen LogP) is 11.0. The predicted molar refractivity (Wildman–Crippen MR) is 354 cm³/mol. The van der Waals surface area contributed by atoms with Crippen LogP contribution >= 0.6 is 0 Å². The number of benzene rings is 2. The molecule has 0 spiro atoms. The summed E-state index contributed by atoms with van der Waals surface area (Å²) in [5.41, 5.74) is 6.37. The van der Waals surface area contributed by atoms with Gasteiger partial charge in [-0.1, -0.05) is 94.4 Å². The first-order valence-electron chi connectivity index (χ1n) is 32.9. The van der Waals surface area contributed by atoms with Gasteiger partial charge in [0.2, 0.25) is 17.8 Å². The summed E-state index contributed by atoms with van der Waals surface area (Å²) >= 11 is 0. The number of hydrogen-bond donors (Lipinski definition) is 2. The normalized spacial score (nSPS) is 18.0. The number of carbonyl (C=O) groups excluding carboxylic acids is 2. The van der Waals surface area contributed by atoms with Crippen molar-refractivity contribution in [2.45, 2.75) is 169 Å². The first-order valence-corrected chi connectivity index (χ1v) is 32.9. The highest BCUT2D eigenvalue weighted by Crippen LogP contribution is 2.30. The first-order chi connectivity index (χ1) is 43.6. The molecule has 10 rings (SSSR count). The number of rotatable bonds is 20. The van der Waals surface area contributed by atoms with Gasteiger partial charge in [-0.05, 0) is 168 Å². The molecule has 19 nitrogen and oxygen atoms in total. The van der Waals surface area contributed by atoms with Crippen molar-refractivity contribution in [1.82, 2.24) is 34.9 Å². The first kappa shape index (κ1) is 70.3. The third-order valence-electron chi connectivity index (χ3n) is 18.2. The van der Waals surface area contributed by atoms with Gasteiger partial charge >= 0.3 is 11.9 Å². The van der Waals surface area contributed by atoms with E-state index in [1.807, 2.05) is 132 Å². The molecule has 4 fully saturated rings. The SMILES string of the molecule is CCc1ccc(N2CCC([C@H](C)O)CC2)nc1.CCc1cnc(N2CCC(C(C)O)CC2)nc1.CCc1cnc(N2CCC([C@@H](C)OC(=O)[C@H](OC)c3ccccc3)CC2)nc1.CCc1cnc(N2CCC([C@H](C)OC(=O)[C@H](OC)c3ccccc3)CC2)nc1. The highest BCUT2D eigenvalue weighted by Gasteiger charge is 2.33. The van der Waals surface area contributed by atoms with Crippen LogP contribution in [-0.2, 0) is 54.2 Å². The van der Waals surface area contributed by atoms with Crippen molar-refractivity contribution in [3.05, 3.63) is 150 Å². The molecule has 0 saturated carbocycles. The van der Waals surface area contributed by atoms with Crippen LogP contribution in [-0.4, -0.2) is 148 Å². The summed E-state index contributed by atoms with van der Waals surface area (Å²) in [4.78, 5) is 65.3. The Hall–Kier alpha value is -7.19. The third kappa shape index (κ3) is 20.9. The van der Waals surface area contributed by atoms with Crippen LogP contribution in [0.2, 0.25) is 0 Å². The van der Waals surface area contributed by atoms with Crippen molar-refractivity contribution in [3.8, 4) is 0 Å². The number of pyridine rings is 1. The van der Waals surface area contributed by atoms with Gasteiger partial charge in [-0.3, -0.25) is 0 Å². The second-order valence-electron chi connectivity index (χ2n) is 24.2. The minimum Gasteiger partial charge on any atom is -0.460 e. The number of esters is 2. The number of aryl methyl sites for hydroxylation is 4. The summed E-state index contributed by atoms with van der Waals surface area (Å²) in [7, 11) is 3.07. The second kappa shape index (κ2) is 36.6. The van der Waals surface area contributed by atoms with Crippen molar-refractivity contribution in [2.24, 2.45) is 23.7 Å². The largest absolute Gasteiger partial charge is 0.460 e. The summed E-state index contributed by atoms with van der Waals surface area (Å²) in [6.45, 7) is 23.5. The van der Waals surface area contributed by atoms with Crippen molar-refractivity contribution < 1.29 is 38.7 Å². The molecule has 4 aliphatic heterocycles. The van der Waals surface area contributed by atoms with Crippen LogP contribution in [0.4, 0.5) is 23.7 Å². The molecule has 2 aromatic carbocycles. The molecule has 4 aromatic heterocycles. The molecular weight excluding hydrogens is 1130 g/mol. The number of hydrogen-bond acceptors (Lipinski definition) is 19. The van der Waals surface area contributed by atoms with E-state index < -0.39 is 12.2 Å². The van der Waals surface area contributed by atoms with E-state index in [9.17, 15) is 19.8 Å². The van der Waals surface area contributed by atoms with Crippen molar-refractivity contribution in [2.75, 3.05) is 86.2 Å². The van der Waals surface area contributed by atoms with E-state index in [2.05, 4.69) is 94.3 Å². The summed E-state index contributed by atoms with van der Waals surface area (Å²) < 4.78 is 22.3. The Morgan fingerprint density at radius 1 is 0.411 bits per heavy atom. The van der Waals surface area contributed by atoms with Gasteiger partial charge in [0.25, 0.3) is 0 Å². The molecule has 4 aliphatic rings. The lowest BCUT2D eigenvalue weighted by Gasteiger charge is -2.34. The number of aromatic nitrogens is 7. The number of ether oxygens (including phenoxy) is 4. The summed E-state index contributed by atoms with van der Waals surface area (Å²) in [5.74, 6) is 4.34. The summed E-state index contributed by atoms with van der Waals surface area (Å²) in [5, 5.41) is 19.1. The Balaban J connectivity index is 0.000000175. The zero-order valence-corrected chi connectivity index (χ0v) is 55.1. The lowest BCUT2D eigenvalue weighted by molar-refractivity contribution is -0.164. The fourth-order valence-corrected chi connectivity index (χ4v) is 11.9. The molecule has 90 heavy (non-hydrogen) atoms. The molecule has 0 radical (unpaired) electrons. The van der Waals surface area contributed by atoms with Crippen LogP contribution in [0, 0.1) is 23.7 Å². The number of aliphatic hydroxyl groups excluding tert-OH is 2. The number of nitrogens with zero attached hydrogens (tertiary/aromatic N) is 11. The molecule has 0 aliphatic carbocycles. The summed E-state index contributed by atoms with van der Waals surface area (Å²) in [6, 6.07) is 23.2. The molecule has 0 amide bonds. The quantitative estimate of drug-likeness (QED) is 0.0680. The fourth-order valence-electron chi connectivity index (χ4n) is 11.9. The topological polar surface area (TPSA) is 215 Å². The molecular formula is C71H101N11O8. The Morgan fingerprint density at radius 2 is 0.700 bits per heavy atom. The Morgan fingerprint density at radius 3 is 0.967 bits per heavy atom. The van der Waals surface area contributed by atoms with Crippen LogP contribution in [0.25, 0.3) is 0 Å². The standard InChI is InChI=1S/2C22H29N3O3.C14H22N2O.C13H21N3O/c2*1-4-17-14-23-22(24-15-17)25-12-10-18(11-13-25)16(2)28-21(26)20(27-3)19-8-6-5-7-9-19;1-3-12-4-5-14(15-10-12)16-8-6-13(7-9-16)11(2)17;1-3-11-8-14-13(15-9-11)16-6-4-12(5-7-16)10(2)17/h2*5-9,14-16,18,20H,4,10-13H2,1-3H3;4-5,10-11,13,17H,3,6-9H2,1-2H3;8-10,12,17H,3-7H2,1-2H3/t16-,20+;16-,20-;11-;/m010./s1. The molecule has 19 heteroatoms. The zero-order valence-electron chi connectivity index (χ0n) is 55.1. The van der Waals surface area contributed by atoms with Crippen LogP contribution in [0.15, 0.2) is 116 Å². The Labute approximate surface area is 535 Å². The van der Waals surface area contributed by atoms with E-state index in [-0.39, 0.29) is 36.4 Å². The maximum absolute atomic E-state index is 12.6. The van der Waals surface area contributed by atoms with E-state index in [0.29, 0.717) is 23.7 Å². The van der Waals surface area contributed by atoms with E-state index in [1.54, 1.807) is 0 Å². The minimum absolute atomic E-state index is 0.153. The van der Waals surface area contributed by atoms with Crippen LogP contribution in [0.1, 0.15) is 152 Å². The lowest BCUT2D eigenvalue weighted by atomic mass is 9.92. The average molecular weight is 1240 g/mol. The van der Waals surface area contributed by atoms with Crippen LogP contribution in [0.5, 0.6) is 0 Å². The zero-order chi connectivity index (χ0) is 64.4. The van der Waals surface area contributed by atoms with Crippen molar-refractivity contribution in [3.63, 3.8) is 0 Å². The number of piperidine rings is 4. The van der Waals surface area contributed by atoms with Gasteiger partial charge in [-0.2, -0.15) is 0 Å². The van der Waals surface area contributed by atoms with Gasteiger partial charge in [0.05, 0.1) is 12.2 Å². The maximum atomic E-state index is 12.6. The average Bonchev–Trinajstić information content (AvgIpc) is 2.06. The monoisotopic (exact) mass is 1240 g/mol. The van der Waals surface area contributed by atoms with E-state index in [0.717, 1.165) is 175 Å². The van der Waals surface area contributed by atoms with Gasteiger partial charge in [-0.15, -0.1) is 0 Å². The lowest BCUT2D eigenvalue weighted by Crippen LogP contribution is -2.39. The molecule has 1 unspecified atom stereocenters. The number of methoxy groups -OCH3 is 2. The van der Waals surface area contributed by atoms with E-state index in [1.165, 1.54) is 25.3 Å². The highest BCUT2D eigenvalue weighted by atomic mass is 16.6. The molecule has 488 valence electrons. The molecule has 2 N–H and O–H groups in total. The van der Waals surface area contributed by atoms with Crippen molar-refractivity contribution >= 4 is 35.6 Å². The van der Waals surface area contributed by atoms with Crippen LogP contribution in [0.3, 0.4) is 0 Å². The molecule has 6 atom stereocenters. The molecule has 6 aromatic rings. The molecule has 0 bridgehead atoms. The smallest absolute Gasteiger partial charge is 0.340 e. The van der Waals surface area contributed by atoms with Gasteiger partial charge in [0, 0.05) is 110 Å². The van der Waals surface area contributed by atoms with Gasteiger partial charge in [0.15, 0.2) is 12.2 Å². The van der Waals surface area contributed by atoms with Gasteiger partial charge in [-0.25, -0.2) is 44.5 Å². The second-order valence-corrected chi connectivity index (χ2v) is 24.2.